The minimum absolute atomic E-state index is 0.830. The molecule has 124 valence electrons. The van der Waals surface area contributed by atoms with E-state index in [4.69, 9.17) is 9.47 Å². The van der Waals surface area contributed by atoms with Crippen molar-refractivity contribution < 1.29 is 9.47 Å². The highest BCUT2D eigenvalue weighted by Crippen LogP contribution is 2.45. The zero-order valence-corrected chi connectivity index (χ0v) is 14.3. The number of rotatable bonds is 8. The molecule has 0 saturated heterocycles. The van der Waals surface area contributed by atoms with E-state index in [1.807, 2.05) is 0 Å². The molecule has 0 aromatic carbocycles. The highest BCUT2D eigenvalue weighted by Gasteiger charge is 2.37. The molecule has 21 heavy (non-hydrogen) atoms. The van der Waals surface area contributed by atoms with Crippen molar-refractivity contribution in [1.82, 2.24) is 0 Å². The lowest BCUT2D eigenvalue weighted by Crippen LogP contribution is -2.36. The lowest BCUT2D eigenvalue weighted by molar-refractivity contribution is 0.0108. The summed E-state index contributed by atoms with van der Waals surface area (Å²) in [5, 5.41) is 0. The SMILES string of the molecule is CCOCCC1CCCCC1C1CCCCC1COCC. The predicted molar refractivity (Wildman–Crippen MR) is 88.5 cm³/mol. The van der Waals surface area contributed by atoms with Crippen LogP contribution in [-0.2, 0) is 9.47 Å². The Kier molecular flexibility index (Phi) is 8.10. The Hall–Kier alpha value is -0.0800. The molecule has 0 aliphatic heterocycles. The monoisotopic (exact) mass is 296 g/mol. The van der Waals surface area contributed by atoms with E-state index in [1.54, 1.807) is 0 Å². The average molecular weight is 296 g/mol. The van der Waals surface area contributed by atoms with Crippen LogP contribution >= 0.6 is 0 Å². The van der Waals surface area contributed by atoms with Gasteiger partial charge in [0.2, 0.25) is 0 Å². The van der Waals surface area contributed by atoms with Crippen LogP contribution in [0.15, 0.2) is 0 Å². The summed E-state index contributed by atoms with van der Waals surface area (Å²) >= 11 is 0. The van der Waals surface area contributed by atoms with Gasteiger partial charge in [-0.25, -0.2) is 0 Å². The van der Waals surface area contributed by atoms with E-state index in [2.05, 4.69) is 13.8 Å². The quantitative estimate of drug-likeness (QED) is 0.583. The molecule has 0 aromatic rings. The molecule has 2 heteroatoms. The molecular weight excluding hydrogens is 260 g/mol. The fourth-order valence-corrected chi connectivity index (χ4v) is 4.81. The molecule has 2 saturated carbocycles. The molecular formula is C19H36O2. The van der Waals surface area contributed by atoms with Crippen molar-refractivity contribution in [3.8, 4) is 0 Å². The third kappa shape index (κ3) is 5.25. The highest BCUT2D eigenvalue weighted by molar-refractivity contribution is 4.87. The summed E-state index contributed by atoms with van der Waals surface area (Å²) in [5.74, 6) is 3.62. The van der Waals surface area contributed by atoms with E-state index >= 15 is 0 Å². The zero-order valence-electron chi connectivity index (χ0n) is 14.3. The minimum atomic E-state index is 0.830. The van der Waals surface area contributed by atoms with Crippen LogP contribution in [0.4, 0.5) is 0 Å². The van der Waals surface area contributed by atoms with Crippen LogP contribution in [0.3, 0.4) is 0 Å². The molecule has 0 radical (unpaired) electrons. The lowest BCUT2D eigenvalue weighted by Gasteiger charge is -2.43. The number of hydrogen-bond donors (Lipinski definition) is 0. The van der Waals surface area contributed by atoms with Crippen molar-refractivity contribution in [2.45, 2.75) is 71.6 Å². The van der Waals surface area contributed by atoms with E-state index < -0.39 is 0 Å². The van der Waals surface area contributed by atoms with E-state index in [0.717, 1.165) is 50.1 Å². The Morgan fingerprint density at radius 1 is 0.714 bits per heavy atom. The van der Waals surface area contributed by atoms with Gasteiger partial charge in [-0.3, -0.25) is 0 Å². The van der Waals surface area contributed by atoms with Crippen molar-refractivity contribution >= 4 is 0 Å². The number of ether oxygens (including phenoxy) is 2. The Labute approximate surface area is 132 Å². The van der Waals surface area contributed by atoms with E-state index in [1.165, 1.54) is 57.8 Å². The summed E-state index contributed by atoms with van der Waals surface area (Å²) in [6.07, 6.45) is 12.8. The maximum absolute atomic E-state index is 5.80. The molecule has 2 aliphatic carbocycles. The van der Waals surface area contributed by atoms with Gasteiger partial charge >= 0.3 is 0 Å². The fraction of sp³-hybridized carbons (Fsp3) is 1.00. The Bertz CT molecular complexity index is 266. The van der Waals surface area contributed by atoms with Crippen LogP contribution in [0.1, 0.15) is 71.6 Å². The molecule has 0 heterocycles. The molecule has 4 unspecified atom stereocenters. The van der Waals surface area contributed by atoms with Gasteiger partial charge in [-0.05, 0) is 63.2 Å². The van der Waals surface area contributed by atoms with Gasteiger partial charge in [0.05, 0.1) is 0 Å². The standard InChI is InChI=1S/C19H36O2/c1-3-20-14-13-16-9-5-7-11-18(16)19-12-8-6-10-17(19)15-21-4-2/h16-19H,3-15H2,1-2H3. The van der Waals surface area contributed by atoms with Crippen molar-refractivity contribution in [2.24, 2.45) is 23.7 Å². The summed E-state index contributed by atoms with van der Waals surface area (Å²) in [5.41, 5.74) is 0. The molecule has 4 atom stereocenters. The summed E-state index contributed by atoms with van der Waals surface area (Å²) in [7, 11) is 0. The molecule has 2 rings (SSSR count). The van der Waals surface area contributed by atoms with Crippen molar-refractivity contribution in [3.05, 3.63) is 0 Å². The van der Waals surface area contributed by atoms with Gasteiger partial charge < -0.3 is 9.47 Å². The third-order valence-electron chi connectivity index (χ3n) is 5.86. The van der Waals surface area contributed by atoms with Crippen molar-refractivity contribution in [3.63, 3.8) is 0 Å². The van der Waals surface area contributed by atoms with Crippen LogP contribution in [-0.4, -0.2) is 26.4 Å². The first-order valence-electron chi connectivity index (χ1n) is 9.52. The minimum Gasteiger partial charge on any atom is -0.382 e. The van der Waals surface area contributed by atoms with Gasteiger partial charge in [0.1, 0.15) is 0 Å². The normalized spacial score (nSPS) is 34.0. The van der Waals surface area contributed by atoms with Crippen LogP contribution in [0, 0.1) is 23.7 Å². The second-order valence-electron chi connectivity index (χ2n) is 7.06. The van der Waals surface area contributed by atoms with Crippen molar-refractivity contribution in [2.75, 3.05) is 26.4 Å². The molecule has 0 spiro atoms. The first kappa shape index (κ1) is 17.3. The Balaban J connectivity index is 1.92. The summed E-state index contributed by atoms with van der Waals surface area (Å²) < 4.78 is 11.4. The molecule has 0 aromatic heterocycles. The largest absolute Gasteiger partial charge is 0.382 e. The Morgan fingerprint density at radius 3 is 1.95 bits per heavy atom. The number of hydrogen-bond acceptors (Lipinski definition) is 2. The topological polar surface area (TPSA) is 18.5 Å². The predicted octanol–water partition coefficient (Wildman–Crippen LogP) is 5.06. The van der Waals surface area contributed by atoms with Gasteiger partial charge in [-0.15, -0.1) is 0 Å². The van der Waals surface area contributed by atoms with Gasteiger partial charge in [0.25, 0.3) is 0 Å². The van der Waals surface area contributed by atoms with Gasteiger partial charge in [0.15, 0.2) is 0 Å². The molecule has 0 bridgehead atoms. The molecule has 0 amide bonds. The van der Waals surface area contributed by atoms with Gasteiger partial charge in [-0.2, -0.15) is 0 Å². The van der Waals surface area contributed by atoms with Crippen LogP contribution in [0.5, 0.6) is 0 Å². The third-order valence-corrected chi connectivity index (χ3v) is 5.86. The van der Waals surface area contributed by atoms with Crippen LogP contribution < -0.4 is 0 Å². The Morgan fingerprint density at radius 2 is 1.29 bits per heavy atom. The maximum atomic E-state index is 5.80. The smallest absolute Gasteiger partial charge is 0.0496 e. The summed E-state index contributed by atoms with van der Waals surface area (Å²) in [6.45, 7) is 7.97. The maximum Gasteiger partial charge on any atom is 0.0496 e. The summed E-state index contributed by atoms with van der Waals surface area (Å²) in [4.78, 5) is 0. The average Bonchev–Trinajstić information content (AvgIpc) is 2.54. The highest BCUT2D eigenvalue weighted by atomic mass is 16.5. The van der Waals surface area contributed by atoms with E-state index in [0.29, 0.717) is 0 Å². The molecule has 0 N–H and O–H groups in total. The molecule has 2 aliphatic rings. The van der Waals surface area contributed by atoms with Gasteiger partial charge in [-0.1, -0.05) is 32.1 Å². The zero-order chi connectivity index (χ0) is 14.9. The van der Waals surface area contributed by atoms with Crippen molar-refractivity contribution in [1.29, 1.82) is 0 Å². The summed E-state index contributed by atoms with van der Waals surface area (Å²) in [6, 6.07) is 0. The first-order chi connectivity index (χ1) is 10.4. The lowest BCUT2D eigenvalue weighted by atomic mass is 9.63. The second-order valence-corrected chi connectivity index (χ2v) is 7.06. The first-order valence-corrected chi connectivity index (χ1v) is 9.52. The fourth-order valence-electron chi connectivity index (χ4n) is 4.81. The van der Waals surface area contributed by atoms with E-state index in [-0.39, 0.29) is 0 Å². The van der Waals surface area contributed by atoms with Gasteiger partial charge in [0, 0.05) is 26.4 Å². The van der Waals surface area contributed by atoms with Crippen LogP contribution in [0.2, 0.25) is 0 Å². The second kappa shape index (κ2) is 9.84. The van der Waals surface area contributed by atoms with E-state index in [9.17, 15) is 0 Å². The van der Waals surface area contributed by atoms with Crippen LogP contribution in [0.25, 0.3) is 0 Å². The molecule has 2 fully saturated rings. The molecule has 2 nitrogen and oxygen atoms in total.